The molecular formula is C15H20ClN3OS. The molecule has 4 nitrogen and oxygen atoms in total. The highest BCUT2D eigenvalue weighted by Crippen LogP contribution is 2.27. The Morgan fingerprint density at radius 2 is 2.14 bits per heavy atom. The largest absolute Gasteiger partial charge is 0.320 e. The smallest absolute Gasteiger partial charge is 0.243 e. The van der Waals surface area contributed by atoms with Crippen LogP contribution in [-0.2, 0) is 4.79 Å². The van der Waals surface area contributed by atoms with E-state index in [1.54, 1.807) is 0 Å². The SMILES string of the molecule is CCCC(N)C(=O)Nc1nc(-c2ccccc2C)cs1.Cl. The van der Waals surface area contributed by atoms with Gasteiger partial charge in [-0.05, 0) is 18.9 Å². The zero-order valence-corrected chi connectivity index (χ0v) is 13.8. The summed E-state index contributed by atoms with van der Waals surface area (Å²) in [5, 5.41) is 5.32. The van der Waals surface area contributed by atoms with Gasteiger partial charge in [0.1, 0.15) is 0 Å². The van der Waals surface area contributed by atoms with E-state index >= 15 is 0 Å². The van der Waals surface area contributed by atoms with E-state index in [2.05, 4.69) is 10.3 Å². The van der Waals surface area contributed by atoms with Gasteiger partial charge in [-0.3, -0.25) is 4.79 Å². The Bertz CT molecular complexity index is 600. The highest BCUT2D eigenvalue weighted by Gasteiger charge is 2.14. The van der Waals surface area contributed by atoms with Crippen LogP contribution >= 0.6 is 23.7 Å². The number of benzene rings is 1. The quantitative estimate of drug-likeness (QED) is 0.882. The molecule has 0 bridgehead atoms. The van der Waals surface area contributed by atoms with Crippen LogP contribution in [0.2, 0.25) is 0 Å². The normalized spacial score (nSPS) is 11.6. The first-order valence-corrected chi connectivity index (χ1v) is 7.57. The molecule has 1 atom stereocenters. The number of anilines is 1. The number of hydrogen-bond donors (Lipinski definition) is 2. The van der Waals surface area contributed by atoms with Gasteiger partial charge in [0.2, 0.25) is 5.91 Å². The van der Waals surface area contributed by atoms with Gasteiger partial charge < -0.3 is 11.1 Å². The number of amides is 1. The molecule has 6 heteroatoms. The van der Waals surface area contributed by atoms with Crippen molar-refractivity contribution in [3.63, 3.8) is 0 Å². The highest BCUT2D eigenvalue weighted by atomic mass is 35.5. The summed E-state index contributed by atoms with van der Waals surface area (Å²) in [6.07, 6.45) is 1.57. The van der Waals surface area contributed by atoms with Crippen LogP contribution in [0, 0.1) is 6.92 Å². The lowest BCUT2D eigenvalue weighted by atomic mass is 10.1. The molecule has 0 saturated carbocycles. The maximum absolute atomic E-state index is 11.8. The first-order valence-electron chi connectivity index (χ1n) is 6.69. The Kier molecular flexibility index (Phi) is 6.81. The van der Waals surface area contributed by atoms with Gasteiger partial charge in [-0.2, -0.15) is 0 Å². The van der Waals surface area contributed by atoms with Gasteiger partial charge >= 0.3 is 0 Å². The number of hydrogen-bond acceptors (Lipinski definition) is 4. The van der Waals surface area contributed by atoms with Crippen molar-refractivity contribution in [2.45, 2.75) is 32.7 Å². The summed E-state index contributed by atoms with van der Waals surface area (Å²) >= 11 is 1.42. The predicted molar refractivity (Wildman–Crippen MR) is 91.0 cm³/mol. The summed E-state index contributed by atoms with van der Waals surface area (Å²) in [4.78, 5) is 16.3. The lowest BCUT2D eigenvalue weighted by Crippen LogP contribution is -2.35. The number of carbonyl (C=O) groups excluding carboxylic acids is 1. The molecule has 1 aromatic carbocycles. The van der Waals surface area contributed by atoms with E-state index in [0.717, 1.165) is 17.7 Å². The van der Waals surface area contributed by atoms with E-state index in [1.807, 2.05) is 43.5 Å². The van der Waals surface area contributed by atoms with Gasteiger partial charge in [0.15, 0.2) is 5.13 Å². The van der Waals surface area contributed by atoms with Gasteiger partial charge in [0, 0.05) is 10.9 Å². The number of nitrogens with one attached hydrogen (secondary N) is 1. The van der Waals surface area contributed by atoms with Gasteiger partial charge in [0.05, 0.1) is 11.7 Å². The number of aryl methyl sites for hydroxylation is 1. The second-order valence-corrected chi connectivity index (χ2v) is 5.60. The van der Waals surface area contributed by atoms with E-state index in [9.17, 15) is 4.79 Å². The fraction of sp³-hybridized carbons (Fsp3) is 0.333. The summed E-state index contributed by atoms with van der Waals surface area (Å²) in [6, 6.07) is 7.59. The minimum Gasteiger partial charge on any atom is -0.320 e. The molecule has 0 aliphatic rings. The van der Waals surface area contributed by atoms with E-state index < -0.39 is 6.04 Å². The minimum atomic E-state index is -0.467. The summed E-state index contributed by atoms with van der Waals surface area (Å²) in [5.41, 5.74) is 8.91. The zero-order valence-electron chi connectivity index (χ0n) is 12.1. The van der Waals surface area contributed by atoms with Gasteiger partial charge in [-0.1, -0.05) is 37.6 Å². The molecule has 0 saturated heterocycles. The molecule has 3 N–H and O–H groups in total. The van der Waals surface area contributed by atoms with E-state index in [1.165, 1.54) is 16.9 Å². The van der Waals surface area contributed by atoms with Crippen molar-refractivity contribution < 1.29 is 4.79 Å². The summed E-state index contributed by atoms with van der Waals surface area (Å²) in [6.45, 7) is 4.05. The molecule has 21 heavy (non-hydrogen) atoms. The fourth-order valence-corrected chi connectivity index (χ4v) is 2.67. The monoisotopic (exact) mass is 325 g/mol. The van der Waals surface area contributed by atoms with E-state index in [0.29, 0.717) is 11.6 Å². The van der Waals surface area contributed by atoms with Gasteiger partial charge in [-0.15, -0.1) is 23.7 Å². The fourth-order valence-electron chi connectivity index (χ4n) is 1.96. The highest BCUT2D eigenvalue weighted by molar-refractivity contribution is 7.14. The molecular weight excluding hydrogens is 306 g/mol. The molecule has 0 fully saturated rings. The van der Waals surface area contributed by atoms with Crippen molar-refractivity contribution in [1.82, 2.24) is 4.98 Å². The molecule has 0 aliphatic carbocycles. The minimum absolute atomic E-state index is 0. The Labute approximate surface area is 135 Å². The van der Waals surface area contributed by atoms with Gasteiger partial charge in [-0.25, -0.2) is 4.98 Å². The van der Waals surface area contributed by atoms with Gasteiger partial charge in [0.25, 0.3) is 0 Å². The molecule has 1 amide bonds. The Morgan fingerprint density at radius 1 is 1.43 bits per heavy atom. The van der Waals surface area contributed by atoms with Crippen molar-refractivity contribution in [3.8, 4) is 11.3 Å². The number of nitrogens with two attached hydrogens (primary N) is 1. The number of rotatable bonds is 5. The predicted octanol–water partition coefficient (Wildman–Crippen LogP) is 3.61. The second kappa shape index (κ2) is 8.12. The van der Waals surface area contributed by atoms with Crippen molar-refractivity contribution >= 4 is 34.8 Å². The van der Waals surface area contributed by atoms with Crippen LogP contribution < -0.4 is 11.1 Å². The third kappa shape index (κ3) is 4.52. The van der Waals surface area contributed by atoms with Crippen molar-refractivity contribution in [1.29, 1.82) is 0 Å². The molecule has 0 spiro atoms. The standard InChI is InChI=1S/C15H19N3OS.ClH/c1-3-6-12(16)14(19)18-15-17-13(9-20-15)11-8-5-4-7-10(11)2;/h4-5,7-9,12H,3,6,16H2,1-2H3,(H,17,18,19);1H. The van der Waals surface area contributed by atoms with Crippen LogP contribution in [0.25, 0.3) is 11.3 Å². The molecule has 0 radical (unpaired) electrons. The first kappa shape index (κ1) is 17.6. The van der Waals surface area contributed by atoms with Crippen molar-refractivity contribution in [2.24, 2.45) is 5.73 Å². The number of carbonyl (C=O) groups is 1. The molecule has 1 aromatic heterocycles. The Hall–Kier alpha value is -1.43. The summed E-state index contributed by atoms with van der Waals surface area (Å²) in [7, 11) is 0. The second-order valence-electron chi connectivity index (χ2n) is 4.74. The Morgan fingerprint density at radius 3 is 2.81 bits per heavy atom. The van der Waals surface area contributed by atoms with Crippen molar-refractivity contribution in [3.05, 3.63) is 35.2 Å². The third-order valence-electron chi connectivity index (χ3n) is 3.09. The lowest BCUT2D eigenvalue weighted by Gasteiger charge is -2.08. The number of thiazole rings is 1. The summed E-state index contributed by atoms with van der Waals surface area (Å²) < 4.78 is 0. The van der Waals surface area contributed by atoms with Crippen LogP contribution in [0.3, 0.4) is 0 Å². The van der Waals surface area contributed by atoms with Crippen LogP contribution in [0.5, 0.6) is 0 Å². The van der Waals surface area contributed by atoms with E-state index in [4.69, 9.17) is 5.73 Å². The average Bonchev–Trinajstić information content (AvgIpc) is 2.87. The average molecular weight is 326 g/mol. The Balaban J connectivity index is 0.00000220. The molecule has 1 unspecified atom stereocenters. The maximum Gasteiger partial charge on any atom is 0.243 e. The van der Waals surface area contributed by atoms with Crippen molar-refractivity contribution in [2.75, 3.05) is 5.32 Å². The van der Waals surface area contributed by atoms with Crippen LogP contribution in [0.15, 0.2) is 29.6 Å². The summed E-state index contributed by atoms with van der Waals surface area (Å²) in [5.74, 6) is -0.169. The number of halogens is 1. The topological polar surface area (TPSA) is 68.0 Å². The molecule has 114 valence electrons. The van der Waals surface area contributed by atoms with Crippen LogP contribution in [0.4, 0.5) is 5.13 Å². The zero-order chi connectivity index (χ0) is 14.5. The van der Waals surface area contributed by atoms with Crippen LogP contribution in [0.1, 0.15) is 25.3 Å². The molecule has 1 heterocycles. The first-order chi connectivity index (χ1) is 9.61. The molecule has 2 rings (SSSR count). The molecule has 2 aromatic rings. The van der Waals surface area contributed by atoms with Crippen LogP contribution in [-0.4, -0.2) is 16.9 Å². The number of nitrogens with zero attached hydrogens (tertiary/aromatic N) is 1. The third-order valence-corrected chi connectivity index (χ3v) is 3.85. The number of aromatic nitrogens is 1. The van der Waals surface area contributed by atoms with E-state index in [-0.39, 0.29) is 18.3 Å². The lowest BCUT2D eigenvalue weighted by molar-refractivity contribution is -0.117. The molecule has 0 aliphatic heterocycles. The maximum atomic E-state index is 11.8.